The van der Waals surface area contributed by atoms with Crippen LogP contribution in [-0.4, -0.2) is 39.3 Å². The third-order valence-corrected chi connectivity index (χ3v) is 5.31. The molecule has 2 N–H and O–H groups in total. The fourth-order valence-corrected chi connectivity index (χ4v) is 3.53. The van der Waals surface area contributed by atoms with E-state index in [0.29, 0.717) is 39.1 Å². The number of anilines is 1. The van der Waals surface area contributed by atoms with Crippen LogP contribution in [0.5, 0.6) is 28.7 Å². The quantitative estimate of drug-likeness (QED) is 0.153. The molecule has 8 heteroatoms. The van der Waals surface area contributed by atoms with Gasteiger partial charge < -0.3 is 29.4 Å². The molecule has 0 bridgehead atoms. The molecule has 7 nitrogen and oxygen atoms in total. The van der Waals surface area contributed by atoms with Crippen LogP contribution in [0.4, 0.5) is 5.69 Å². The molecule has 0 amide bonds. The highest BCUT2D eigenvalue weighted by atomic mass is 35.5. The van der Waals surface area contributed by atoms with E-state index in [1.54, 1.807) is 75.9 Å². The predicted molar refractivity (Wildman–Crippen MR) is 138 cm³/mol. The minimum Gasteiger partial charge on any atom is -0.504 e. The van der Waals surface area contributed by atoms with E-state index in [0.717, 1.165) is 5.56 Å². The van der Waals surface area contributed by atoms with Gasteiger partial charge in [-0.1, -0.05) is 35.9 Å². The van der Waals surface area contributed by atoms with Gasteiger partial charge in [0.2, 0.25) is 5.75 Å². The molecular weight excluding hydrogens is 470 g/mol. The lowest BCUT2D eigenvalue weighted by molar-refractivity contribution is 0.104. The van der Waals surface area contributed by atoms with Gasteiger partial charge in [0.15, 0.2) is 28.8 Å². The number of carbonyl (C=O) groups excluding carboxylic acids is 1. The van der Waals surface area contributed by atoms with Crippen LogP contribution in [0.3, 0.4) is 0 Å². The lowest BCUT2D eigenvalue weighted by Crippen LogP contribution is -1.98. The molecule has 0 unspecified atom stereocenters. The monoisotopic (exact) mass is 495 g/mol. The molecular formula is C27H26ClNO6. The van der Waals surface area contributed by atoms with E-state index in [1.165, 1.54) is 19.4 Å². The minimum atomic E-state index is -0.208. The maximum atomic E-state index is 12.4. The minimum absolute atomic E-state index is 0.0263. The smallest absolute Gasteiger partial charge is 0.203 e. The summed E-state index contributed by atoms with van der Waals surface area (Å²) in [5.74, 6) is 1.58. The predicted octanol–water partition coefficient (Wildman–Crippen LogP) is 6.06. The van der Waals surface area contributed by atoms with Crippen molar-refractivity contribution in [1.29, 1.82) is 0 Å². The van der Waals surface area contributed by atoms with Gasteiger partial charge in [0.1, 0.15) is 0 Å². The fourth-order valence-electron chi connectivity index (χ4n) is 3.34. The standard InChI is InChI=1S/C27H26ClNO6/c1-32-24-16-21(29-11-10-22(30)19-6-5-7-20(28)14-19)18(15-23(24)31)9-8-17-12-25(33-2)27(35-4)26(13-17)34-3/h5-16,29,31H,1-4H3/b9-8-,11-10-. The van der Waals surface area contributed by atoms with E-state index in [1.807, 2.05) is 6.08 Å². The number of rotatable bonds is 10. The van der Waals surface area contributed by atoms with Gasteiger partial charge in [0.05, 0.1) is 28.4 Å². The summed E-state index contributed by atoms with van der Waals surface area (Å²) >= 11 is 5.97. The van der Waals surface area contributed by atoms with Crippen molar-refractivity contribution in [3.63, 3.8) is 0 Å². The average molecular weight is 496 g/mol. The summed E-state index contributed by atoms with van der Waals surface area (Å²) in [7, 11) is 6.10. The summed E-state index contributed by atoms with van der Waals surface area (Å²) in [5.41, 5.74) is 2.52. The maximum absolute atomic E-state index is 12.4. The van der Waals surface area contributed by atoms with Gasteiger partial charge in [-0.2, -0.15) is 0 Å². The van der Waals surface area contributed by atoms with Gasteiger partial charge >= 0.3 is 0 Å². The number of ketones is 1. The summed E-state index contributed by atoms with van der Waals surface area (Å²) in [6.07, 6.45) is 6.55. The van der Waals surface area contributed by atoms with Crippen LogP contribution in [0.15, 0.2) is 60.8 Å². The van der Waals surface area contributed by atoms with Gasteiger partial charge in [-0.3, -0.25) is 4.79 Å². The number of aromatic hydroxyl groups is 1. The van der Waals surface area contributed by atoms with Crippen molar-refractivity contribution >= 4 is 35.2 Å². The van der Waals surface area contributed by atoms with Gasteiger partial charge in [-0.05, 0) is 35.9 Å². The van der Waals surface area contributed by atoms with Crippen LogP contribution in [-0.2, 0) is 0 Å². The van der Waals surface area contributed by atoms with Crippen LogP contribution in [0.1, 0.15) is 21.5 Å². The van der Waals surface area contributed by atoms with Crippen LogP contribution in [0, 0.1) is 0 Å². The zero-order valence-corrected chi connectivity index (χ0v) is 20.6. The molecule has 0 heterocycles. The molecule has 0 fully saturated rings. The van der Waals surface area contributed by atoms with Crippen LogP contribution >= 0.6 is 11.6 Å². The van der Waals surface area contributed by atoms with Crippen molar-refractivity contribution in [1.82, 2.24) is 0 Å². The Balaban J connectivity index is 1.91. The van der Waals surface area contributed by atoms with E-state index in [9.17, 15) is 9.90 Å². The molecule has 0 spiro atoms. The summed E-state index contributed by atoms with van der Waals surface area (Å²) in [6.45, 7) is 0. The largest absolute Gasteiger partial charge is 0.504 e. The lowest BCUT2D eigenvalue weighted by Gasteiger charge is -2.13. The number of carbonyl (C=O) groups is 1. The van der Waals surface area contributed by atoms with Crippen molar-refractivity contribution in [3.8, 4) is 28.7 Å². The molecule has 0 saturated heterocycles. The number of ether oxygens (including phenoxy) is 4. The third-order valence-electron chi connectivity index (χ3n) is 5.08. The van der Waals surface area contributed by atoms with Gasteiger partial charge in [0.25, 0.3) is 0 Å². The summed E-state index contributed by atoms with van der Waals surface area (Å²) in [4.78, 5) is 12.4. The zero-order chi connectivity index (χ0) is 25.4. The fraction of sp³-hybridized carbons (Fsp3) is 0.148. The van der Waals surface area contributed by atoms with Crippen LogP contribution in [0.2, 0.25) is 5.02 Å². The van der Waals surface area contributed by atoms with Gasteiger partial charge in [-0.15, -0.1) is 0 Å². The molecule has 0 aliphatic carbocycles. The van der Waals surface area contributed by atoms with Crippen molar-refractivity contribution < 1.29 is 28.8 Å². The Hall–Kier alpha value is -4.10. The second kappa shape index (κ2) is 11.9. The molecule has 0 aromatic heterocycles. The number of hydrogen-bond acceptors (Lipinski definition) is 7. The first-order valence-corrected chi connectivity index (χ1v) is 10.9. The first-order chi connectivity index (χ1) is 16.9. The third kappa shape index (κ3) is 6.28. The Morgan fingerprint density at radius 2 is 1.57 bits per heavy atom. The molecule has 0 saturated carbocycles. The molecule has 0 atom stereocenters. The van der Waals surface area contributed by atoms with Gasteiger partial charge in [-0.25, -0.2) is 0 Å². The van der Waals surface area contributed by atoms with Gasteiger partial charge in [0, 0.05) is 40.2 Å². The second-order valence-corrected chi connectivity index (χ2v) is 7.69. The Kier molecular flexibility index (Phi) is 8.64. The molecule has 35 heavy (non-hydrogen) atoms. The lowest BCUT2D eigenvalue weighted by atomic mass is 10.1. The highest BCUT2D eigenvalue weighted by molar-refractivity contribution is 6.31. The Bertz CT molecular complexity index is 1240. The maximum Gasteiger partial charge on any atom is 0.203 e. The molecule has 3 rings (SSSR count). The molecule has 0 aliphatic heterocycles. The number of hydrogen-bond donors (Lipinski definition) is 2. The van der Waals surface area contributed by atoms with Crippen LogP contribution in [0.25, 0.3) is 12.2 Å². The van der Waals surface area contributed by atoms with Crippen LogP contribution < -0.4 is 24.3 Å². The first kappa shape index (κ1) is 25.5. The number of phenols is 1. The molecule has 3 aromatic rings. The average Bonchev–Trinajstić information content (AvgIpc) is 2.87. The highest BCUT2D eigenvalue weighted by Gasteiger charge is 2.13. The first-order valence-electron chi connectivity index (χ1n) is 10.5. The molecule has 3 aromatic carbocycles. The number of methoxy groups -OCH3 is 4. The van der Waals surface area contributed by atoms with Crippen molar-refractivity contribution in [2.75, 3.05) is 33.8 Å². The van der Waals surface area contributed by atoms with Crippen molar-refractivity contribution in [2.45, 2.75) is 0 Å². The molecule has 182 valence electrons. The van der Waals surface area contributed by atoms with Crippen molar-refractivity contribution in [2.24, 2.45) is 0 Å². The summed E-state index contributed by atoms with van der Waals surface area (Å²) < 4.78 is 21.4. The number of phenolic OH excluding ortho intramolecular Hbond substituents is 1. The summed E-state index contributed by atoms with van der Waals surface area (Å²) in [6, 6.07) is 13.5. The van der Waals surface area contributed by atoms with Crippen molar-refractivity contribution in [3.05, 3.63) is 82.5 Å². The van der Waals surface area contributed by atoms with E-state index >= 15 is 0 Å². The normalized spacial score (nSPS) is 11.0. The Labute approximate surface area is 209 Å². The highest BCUT2D eigenvalue weighted by Crippen LogP contribution is 2.39. The molecule has 0 radical (unpaired) electrons. The zero-order valence-electron chi connectivity index (χ0n) is 19.8. The number of allylic oxidation sites excluding steroid dienone is 1. The summed E-state index contributed by atoms with van der Waals surface area (Å²) in [5, 5.41) is 13.9. The Morgan fingerprint density at radius 1 is 0.886 bits per heavy atom. The number of nitrogens with one attached hydrogen (secondary N) is 1. The van der Waals surface area contributed by atoms with E-state index in [2.05, 4.69) is 5.32 Å². The number of benzene rings is 3. The second-order valence-electron chi connectivity index (χ2n) is 7.26. The Morgan fingerprint density at radius 3 is 2.17 bits per heavy atom. The van der Waals surface area contributed by atoms with E-state index in [4.69, 9.17) is 30.5 Å². The van der Waals surface area contributed by atoms with E-state index < -0.39 is 0 Å². The topological polar surface area (TPSA) is 86.3 Å². The SMILES string of the molecule is COc1cc(N/C=C\C(=O)c2cccc(Cl)c2)c(/C=C\c2cc(OC)c(OC)c(OC)c2)cc1O. The molecule has 0 aliphatic rings. The van der Waals surface area contributed by atoms with E-state index in [-0.39, 0.29) is 17.3 Å². The number of halogens is 1.